The number of hydrogen-bond acceptors (Lipinski definition) is 2. The molecule has 0 aromatic heterocycles. The molecule has 2 N–H and O–H groups in total. The number of aliphatic hydroxyl groups is 1. The van der Waals surface area contributed by atoms with Crippen LogP contribution >= 0.6 is 0 Å². The van der Waals surface area contributed by atoms with Crippen LogP contribution in [-0.4, -0.2) is 17.8 Å². The van der Waals surface area contributed by atoms with Gasteiger partial charge < -0.3 is 10.4 Å². The predicted octanol–water partition coefficient (Wildman–Crippen LogP) is 2.42. The molecular formula is C15H21NO. The molecule has 0 spiro atoms. The fourth-order valence-electron chi connectivity index (χ4n) is 2.88. The Morgan fingerprint density at radius 1 is 1.24 bits per heavy atom. The molecule has 2 nitrogen and oxygen atoms in total. The second-order valence-corrected chi connectivity index (χ2v) is 5.46. The number of hydrogen-bond donors (Lipinski definition) is 2. The Morgan fingerprint density at radius 2 is 2.06 bits per heavy atom. The lowest BCUT2D eigenvalue weighted by Crippen LogP contribution is -2.33. The standard InChI is InChI=1S/C15H21NO/c17-15(12-8-9-12)10-16-14-7-3-5-11-4-1-2-6-13(11)14/h1-2,4,6,12,14-17H,3,5,7-10H2. The molecule has 2 aliphatic rings. The summed E-state index contributed by atoms with van der Waals surface area (Å²) < 4.78 is 0. The second kappa shape index (κ2) is 4.79. The summed E-state index contributed by atoms with van der Waals surface area (Å²) in [7, 11) is 0. The smallest absolute Gasteiger partial charge is 0.0692 e. The van der Waals surface area contributed by atoms with Crippen molar-refractivity contribution in [1.82, 2.24) is 5.32 Å². The summed E-state index contributed by atoms with van der Waals surface area (Å²) in [5, 5.41) is 13.5. The van der Waals surface area contributed by atoms with Gasteiger partial charge in [-0.25, -0.2) is 0 Å². The molecule has 2 unspecified atom stereocenters. The number of fused-ring (bicyclic) bond motifs is 1. The van der Waals surface area contributed by atoms with Crippen molar-refractivity contribution < 1.29 is 5.11 Å². The molecular weight excluding hydrogens is 210 g/mol. The number of aliphatic hydroxyl groups excluding tert-OH is 1. The first-order valence-electron chi connectivity index (χ1n) is 6.84. The van der Waals surface area contributed by atoms with Crippen LogP contribution in [0.5, 0.6) is 0 Å². The van der Waals surface area contributed by atoms with Gasteiger partial charge in [-0.3, -0.25) is 0 Å². The minimum atomic E-state index is -0.135. The average molecular weight is 231 g/mol. The molecule has 1 fully saturated rings. The van der Waals surface area contributed by atoms with Gasteiger partial charge in [-0.05, 0) is 49.1 Å². The molecule has 1 aromatic rings. The summed E-state index contributed by atoms with van der Waals surface area (Å²) >= 11 is 0. The Labute approximate surface area is 103 Å². The average Bonchev–Trinajstić information content (AvgIpc) is 3.20. The van der Waals surface area contributed by atoms with Crippen molar-refractivity contribution in [2.45, 2.75) is 44.2 Å². The van der Waals surface area contributed by atoms with Crippen LogP contribution in [0.4, 0.5) is 0 Å². The summed E-state index contributed by atoms with van der Waals surface area (Å²) in [4.78, 5) is 0. The van der Waals surface area contributed by atoms with Crippen molar-refractivity contribution in [3.05, 3.63) is 35.4 Å². The first-order chi connectivity index (χ1) is 8.34. The maximum atomic E-state index is 9.91. The van der Waals surface area contributed by atoms with Crippen LogP contribution in [0.3, 0.4) is 0 Å². The molecule has 2 heteroatoms. The number of rotatable bonds is 4. The minimum absolute atomic E-state index is 0.135. The molecule has 0 saturated heterocycles. The van der Waals surface area contributed by atoms with E-state index < -0.39 is 0 Å². The third kappa shape index (κ3) is 2.53. The molecule has 1 saturated carbocycles. The van der Waals surface area contributed by atoms with E-state index in [9.17, 15) is 5.11 Å². The highest BCUT2D eigenvalue weighted by Crippen LogP contribution is 2.33. The third-order valence-corrected chi connectivity index (χ3v) is 4.11. The molecule has 2 aliphatic carbocycles. The van der Waals surface area contributed by atoms with E-state index in [-0.39, 0.29) is 6.10 Å². The third-order valence-electron chi connectivity index (χ3n) is 4.11. The van der Waals surface area contributed by atoms with E-state index in [4.69, 9.17) is 0 Å². The Bertz CT molecular complexity index is 386. The molecule has 1 aromatic carbocycles. The second-order valence-electron chi connectivity index (χ2n) is 5.46. The van der Waals surface area contributed by atoms with Gasteiger partial charge in [-0.1, -0.05) is 24.3 Å². The van der Waals surface area contributed by atoms with Crippen LogP contribution in [0.1, 0.15) is 42.9 Å². The van der Waals surface area contributed by atoms with Gasteiger partial charge in [-0.2, -0.15) is 0 Å². The molecule has 0 bridgehead atoms. The van der Waals surface area contributed by atoms with Crippen LogP contribution in [-0.2, 0) is 6.42 Å². The van der Waals surface area contributed by atoms with E-state index in [1.54, 1.807) is 0 Å². The van der Waals surface area contributed by atoms with Crippen LogP contribution in [0.2, 0.25) is 0 Å². The highest BCUT2D eigenvalue weighted by Gasteiger charge is 2.30. The summed E-state index contributed by atoms with van der Waals surface area (Å²) in [6.45, 7) is 0.754. The van der Waals surface area contributed by atoms with Crippen molar-refractivity contribution in [3.8, 4) is 0 Å². The number of benzene rings is 1. The van der Waals surface area contributed by atoms with Gasteiger partial charge in [0.25, 0.3) is 0 Å². The lowest BCUT2D eigenvalue weighted by atomic mass is 9.87. The highest BCUT2D eigenvalue weighted by molar-refractivity contribution is 5.32. The van der Waals surface area contributed by atoms with Gasteiger partial charge in [0.2, 0.25) is 0 Å². The zero-order valence-corrected chi connectivity index (χ0v) is 10.2. The van der Waals surface area contributed by atoms with E-state index in [2.05, 4.69) is 29.6 Å². The van der Waals surface area contributed by atoms with Gasteiger partial charge in [-0.15, -0.1) is 0 Å². The monoisotopic (exact) mass is 231 g/mol. The van der Waals surface area contributed by atoms with Crippen molar-refractivity contribution in [2.75, 3.05) is 6.54 Å². The number of aryl methyl sites for hydroxylation is 1. The van der Waals surface area contributed by atoms with Crippen molar-refractivity contribution in [2.24, 2.45) is 5.92 Å². The SMILES string of the molecule is OC(CNC1CCCc2ccccc21)C1CC1. The zero-order valence-electron chi connectivity index (χ0n) is 10.2. The Balaban J connectivity index is 1.63. The summed E-state index contributed by atoms with van der Waals surface area (Å²) in [5.74, 6) is 0.571. The zero-order chi connectivity index (χ0) is 11.7. The van der Waals surface area contributed by atoms with Gasteiger partial charge >= 0.3 is 0 Å². The van der Waals surface area contributed by atoms with Gasteiger partial charge in [0.15, 0.2) is 0 Å². The molecule has 2 atom stereocenters. The Hall–Kier alpha value is -0.860. The summed E-state index contributed by atoms with van der Waals surface area (Å²) in [5.41, 5.74) is 2.93. The first-order valence-corrected chi connectivity index (χ1v) is 6.84. The van der Waals surface area contributed by atoms with Crippen molar-refractivity contribution in [3.63, 3.8) is 0 Å². The van der Waals surface area contributed by atoms with Crippen LogP contribution in [0, 0.1) is 5.92 Å². The first kappa shape index (κ1) is 11.2. The summed E-state index contributed by atoms with van der Waals surface area (Å²) in [6.07, 6.45) is 5.96. The van der Waals surface area contributed by atoms with E-state index in [0.717, 1.165) is 6.54 Å². The normalized spacial score (nSPS) is 25.4. The van der Waals surface area contributed by atoms with E-state index in [1.165, 1.54) is 43.2 Å². The summed E-state index contributed by atoms with van der Waals surface area (Å²) in [6, 6.07) is 9.17. The number of nitrogens with one attached hydrogen (secondary N) is 1. The van der Waals surface area contributed by atoms with Crippen LogP contribution < -0.4 is 5.32 Å². The molecule has 0 aliphatic heterocycles. The van der Waals surface area contributed by atoms with Gasteiger partial charge in [0.1, 0.15) is 0 Å². The van der Waals surface area contributed by atoms with Crippen molar-refractivity contribution >= 4 is 0 Å². The maximum Gasteiger partial charge on any atom is 0.0692 e. The topological polar surface area (TPSA) is 32.3 Å². The van der Waals surface area contributed by atoms with Crippen LogP contribution in [0.15, 0.2) is 24.3 Å². The predicted molar refractivity (Wildman–Crippen MR) is 68.9 cm³/mol. The minimum Gasteiger partial charge on any atom is -0.392 e. The highest BCUT2D eigenvalue weighted by atomic mass is 16.3. The van der Waals surface area contributed by atoms with Crippen molar-refractivity contribution in [1.29, 1.82) is 0 Å². The van der Waals surface area contributed by atoms with Crippen LogP contribution in [0.25, 0.3) is 0 Å². The largest absolute Gasteiger partial charge is 0.392 e. The van der Waals surface area contributed by atoms with E-state index >= 15 is 0 Å². The lowest BCUT2D eigenvalue weighted by Gasteiger charge is -2.27. The maximum absolute atomic E-state index is 9.91. The van der Waals surface area contributed by atoms with E-state index in [1.807, 2.05) is 0 Å². The quantitative estimate of drug-likeness (QED) is 0.834. The molecule has 92 valence electrons. The molecule has 0 heterocycles. The van der Waals surface area contributed by atoms with Gasteiger partial charge in [0, 0.05) is 12.6 Å². The van der Waals surface area contributed by atoms with Gasteiger partial charge in [0.05, 0.1) is 6.10 Å². The molecule has 0 amide bonds. The fourth-order valence-corrected chi connectivity index (χ4v) is 2.88. The fraction of sp³-hybridized carbons (Fsp3) is 0.600. The molecule has 0 radical (unpaired) electrons. The Morgan fingerprint density at radius 3 is 2.88 bits per heavy atom. The van der Waals surface area contributed by atoms with E-state index in [0.29, 0.717) is 12.0 Å². The molecule has 17 heavy (non-hydrogen) atoms. The molecule has 3 rings (SSSR count). The Kier molecular flexibility index (Phi) is 3.17. The lowest BCUT2D eigenvalue weighted by molar-refractivity contribution is 0.143.